The molecule has 1 N–H and O–H groups in total. The average molecular weight is 259 g/mol. The van der Waals surface area contributed by atoms with Crippen molar-refractivity contribution in [1.29, 1.82) is 0 Å². The van der Waals surface area contributed by atoms with Gasteiger partial charge >= 0.3 is 6.36 Å². The van der Waals surface area contributed by atoms with Crippen LogP contribution >= 0.6 is 0 Å². The Labute approximate surface area is 102 Å². The fourth-order valence-corrected chi connectivity index (χ4v) is 2.15. The van der Waals surface area contributed by atoms with Crippen LogP contribution in [0.4, 0.5) is 18.9 Å². The molecule has 1 aromatic rings. The maximum absolute atomic E-state index is 12.2. The molecule has 0 saturated heterocycles. The van der Waals surface area contributed by atoms with Gasteiger partial charge in [-0.15, -0.1) is 13.2 Å². The molecular formula is C12H12F3NO2. The molecule has 1 heterocycles. The molecule has 1 aliphatic heterocycles. The number of halogens is 3. The van der Waals surface area contributed by atoms with E-state index in [1.54, 1.807) is 6.07 Å². The van der Waals surface area contributed by atoms with E-state index >= 15 is 0 Å². The van der Waals surface area contributed by atoms with Gasteiger partial charge in [-0.3, -0.25) is 4.79 Å². The van der Waals surface area contributed by atoms with E-state index in [0.717, 1.165) is 0 Å². The quantitative estimate of drug-likeness (QED) is 0.885. The summed E-state index contributed by atoms with van der Waals surface area (Å²) in [4.78, 5) is 11.7. The Morgan fingerprint density at radius 3 is 2.56 bits per heavy atom. The predicted octanol–water partition coefficient (Wildman–Crippen LogP) is 3.28. The molecule has 18 heavy (non-hydrogen) atoms. The zero-order chi connectivity index (χ0) is 13.5. The average Bonchev–Trinajstić information content (AvgIpc) is 2.53. The normalized spacial score (nSPS) is 18.8. The van der Waals surface area contributed by atoms with E-state index in [1.807, 2.05) is 13.8 Å². The smallest absolute Gasteiger partial charge is 0.404 e. The molecule has 98 valence electrons. The van der Waals surface area contributed by atoms with E-state index < -0.39 is 12.3 Å². The molecule has 1 amide bonds. The minimum absolute atomic E-state index is 0.00684. The zero-order valence-electron chi connectivity index (χ0n) is 9.84. The molecule has 6 heteroatoms. The zero-order valence-corrected chi connectivity index (χ0v) is 9.84. The van der Waals surface area contributed by atoms with Crippen LogP contribution in [0.25, 0.3) is 0 Å². The molecular weight excluding hydrogens is 247 g/mol. The second kappa shape index (κ2) is 4.19. The number of para-hydroxylation sites is 1. The van der Waals surface area contributed by atoms with Crippen LogP contribution in [-0.2, 0) is 4.79 Å². The standard InChI is InChI=1S/C12H12F3NO2/c1-6(2)9-7-4-3-5-8(18-12(13,14)15)10(7)16-11(9)17/h3-6,9H,1-2H3,(H,16,17). The summed E-state index contributed by atoms with van der Waals surface area (Å²) in [5.74, 6) is -1.08. The minimum atomic E-state index is -4.77. The monoisotopic (exact) mass is 259 g/mol. The second-order valence-corrected chi connectivity index (χ2v) is 4.48. The third-order valence-electron chi connectivity index (χ3n) is 2.82. The van der Waals surface area contributed by atoms with Crippen molar-refractivity contribution in [3.8, 4) is 5.75 Å². The van der Waals surface area contributed by atoms with Crippen LogP contribution < -0.4 is 10.1 Å². The molecule has 1 unspecified atom stereocenters. The van der Waals surface area contributed by atoms with Crippen LogP contribution in [0.5, 0.6) is 5.75 Å². The minimum Gasteiger partial charge on any atom is -0.404 e. The fraction of sp³-hybridized carbons (Fsp3) is 0.417. The van der Waals surface area contributed by atoms with Crippen LogP contribution in [0.2, 0.25) is 0 Å². The van der Waals surface area contributed by atoms with Gasteiger partial charge in [0.25, 0.3) is 0 Å². The van der Waals surface area contributed by atoms with Gasteiger partial charge in [0.15, 0.2) is 5.75 Å². The summed E-state index contributed by atoms with van der Waals surface area (Å²) in [5.41, 5.74) is 0.676. The van der Waals surface area contributed by atoms with Gasteiger partial charge in [0.2, 0.25) is 5.91 Å². The van der Waals surface area contributed by atoms with Crippen molar-refractivity contribution in [3.05, 3.63) is 23.8 Å². The van der Waals surface area contributed by atoms with E-state index in [0.29, 0.717) is 5.56 Å². The van der Waals surface area contributed by atoms with Crippen molar-refractivity contribution >= 4 is 11.6 Å². The van der Waals surface area contributed by atoms with Crippen LogP contribution in [0.15, 0.2) is 18.2 Å². The number of amides is 1. The van der Waals surface area contributed by atoms with Crippen molar-refractivity contribution in [1.82, 2.24) is 0 Å². The van der Waals surface area contributed by atoms with Gasteiger partial charge in [-0.05, 0) is 17.5 Å². The van der Waals surface area contributed by atoms with Crippen LogP contribution in [-0.4, -0.2) is 12.3 Å². The largest absolute Gasteiger partial charge is 0.573 e. The van der Waals surface area contributed by atoms with Gasteiger partial charge in [-0.1, -0.05) is 26.0 Å². The van der Waals surface area contributed by atoms with Crippen molar-refractivity contribution in [3.63, 3.8) is 0 Å². The number of hydrogen-bond acceptors (Lipinski definition) is 2. The molecule has 1 aromatic carbocycles. The highest BCUT2D eigenvalue weighted by Crippen LogP contribution is 2.43. The molecule has 0 aliphatic carbocycles. The van der Waals surface area contributed by atoms with Crippen molar-refractivity contribution in [2.75, 3.05) is 5.32 Å². The van der Waals surface area contributed by atoms with E-state index in [1.165, 1.54) is 12.1 Å². The maximum Gasteiger partial charge on any atom is 0.573 e. The van der Waals surface area contributed by atoms with Crippen molar-refractivity contribution in [2.24, 2.45) is 5.92 Å². The second-order valence-electron chi connectivity index (χ2n) is 4.48. The Hall–Kier alpha value is -1.72. The molecule has 0 fully saturated rings. The number of rotatable bonds is 2. The van der Waals surface area contributed by atoms with Gasteiger partial charge in [0.05, 0.1) is 11.6 Å². The number of hydrogen-bond donors (Lipinski definition) is 1. The molecule has 1 atom stereocenters. The number of ether oxygens (including phenoxy) is 1. The number of carbonyl (C=O) groups is 1. The van der Waals surface area contributed by atoms with Crippen molar-refractivity contribution < 1.29 is 22.7 Å². The highest BCUT2D eigenvalue weighted by atomic mass is 19.4. The van der Waals surface area contributed by atoms with E-state index in [-0.39, 0.29) is 23.3 Å². The first-order valence-electron chi connectivity index (χ1n) is 5.49. The van der Waals surface area contributed by atoms with Gasteiger partial charge < -0.3 is 10.1 Å². The number of benzene rings is 1. The number of alkyl halides is 3. The third-order valence-corrected chi connectivity index (χ3v) is 2.82. The lowest BCUT2D eigenvalue weighted by molar-refractivity contribution is -0.274. The first-order chi connectivity index (χ1) is 8.29. The van der Waals surface area contributed by atoms with Gasteiger partial charge in [-0.2, -0.15) is 0 Å². The first-order valence-corrected chi connectivity index (χ1v) is 5.49. The summed E-state index contributed by atoms with van der Waals surface area (Å²) in [6.45, 7) is 3.69. The Morgan fingerprint density at radius 2 is 2.00 bits per heavy atom. The lowest BCUT2D eigenvalue weighted by Crippen LogP contribution is -2.18. The molecule has 2 rings (SSSR count). The van der Waals surface area contributed by atoms with Gasteiger partial charge in [0.1, 0.15) is 0 Å². The molecule has 1 aliphatic rings. The van der Waals surface area contributed by atoms with E-state index in [2.05, 4.69) is 10.1 Å². The Kier molecular flexibility index (Phi) is 2.96. The fourth-order valence-electron chi connectivity index (χ4n) is 2.15. The Balaban J connectivity index is 2.42. The lowest BCUT2D eigenvalue weighted by atomic mass is 9.90. The van der Waals surface area contributed by atoms with Gasteiger partial charge in [-0.25, -0.2) is 0 Å². The van der Waals surface area contributed by atoms with E-state index in [4.69, 9.17) is 0 Å². The Morgan fingerprint density at radius 1 is 1.33 bits per heavy atom. The number of carbonyl (C=O) groups excluding carboxylic acids is 1. The number of nitrogens with one attached hydrogen (secondary N) is 1. The summed E-state index contributed by atoms with van der Waals surface area (Å²) in [6, 6.07) is 4.28. The summed E-state index contributed by atoms with van der Waals surface area (Å²) in [5, 5.41) is 2.46. The van der Waals surface area contributed by atoms with Gasteiger partial charge in [0, 0.05) is 0 Å². The maximum atomic E-state index is 12.2. The number of fused-ring (bicyclic) bond motifs is 1. The molecule has 0 aromatic heterocycles. The molecule has 0 radical (unpaired) electrons. The van der Waals surface area contributed by atoms with Crippen molar-refractivity contribution in [2.45, 2.75) is 26.1 Å². The highest BCUT2D eigenvalue weighted by molar-refractivity contribution is 6.04. The first kappa shape index (κ1) is 12.7. The summed E-state index contributed by atoms with van der Waals surface area (Å²) in [7, 11) is 0. The number of anilines is 1. The molecule has 3 nitrogen and oxygen atoms in total. The molecule has 0 saturated carbocycles. The summed E-state index contributed by atoms with van der Waals surface area (Å²) in [6.07, 6.45) is -4.77. The van der Waals surface area contributed by atoms with Crippen LogP contribution in [0, 0.1) is 5.92 Å². The van der Waals surface area contributed by atoms with Crippen LogP contribution in [0.1, 0.15) is 25.3 Å². The Bertz CT molecular complexity index is 483. The molecule has 0 bridgehead atoms. The predicted molar refractivity (Wildman–Crippen MR) is 59.3 cm³/mol. The summed E-state index contributed by atoms with van der Waals surface area (Å²) >= 11 is 0. The van der Waals surface area contributed by atoms with Crippen LogP contribution in [0.3, 0.4) is 0 Å². The topological polar surface area (TPSA) is 38.3 Å². The highest BCUT2D eigenvalue weighted by Gasteiger charge is 2.38. The molecule has 0 spiro atoms. The lowest BCUT2D eigenvalue weighted by Gasteiger charge is -2.14. The third kappa shape index (κ3) is 2.27. The van der Waals surface area contributed by atoms with E-state index in [9.17, 15) is 18.0 Å². The summed E-state index contributed by atoms with van der Waals surface area (Å²) < 4.78 is 40.6. The SMILES string of the molecule is CC(C)C1C(=O)Nc2c(OC(F)(F)F)cccc21.